The molecule has 0 aliphatic carbocycles. The lowest BCUT2D eigenvalue weighted by atomic mass is 9.97. The quantitative estimate of drug-likeness (QED) is 0.750. The van der Waals surface area contributed by atoms with Gasteiger partial charge in [-0.2, -0.15) is 0 Å². The number of aromatic nitrogens is 1. The van der Waals surface area contributed by atoms with E-state index < -0.39 is 0 Å². The first-order valence-electron chi connectivity index (χ1n) is 7.34. The number of hydrogen-bond acceptors (Lipinski definition) is 3. The molecule has 0 bridgehead atoms. The Balaban J connectivity index is 1.92. The molecule has 3 heteroatoms. The lowest BCUT2D eigenvalue weighted by Crippen LogP contribution is -2.17. The molecule has 3 aromatic rings. The van der Waals surface area contributed by atoms with Crippen molar-refractivity contribution in [3.63, 3.8) is 0 Å². The minimum absolute atomic E-state index is 0.360. The van der Waals surface area contributed by atoms with Crippen LogP contribution in [0.25, 0.3) is 10.9 Å². The largest absolute Gasteiger partial charge is 0.313 e. The van der Waals surface area contributed by atoms with E-state index in [0.717, 1.165) is 24.1 Å². The molecule has 1 N–H and O–H groups in total. The van der Waals surface area contributed by atoms with Crippen LogP contribution in [0.4, 0.5) is 0 Å². The minimum Gasteiger partial charge on any atom is -0.313 e. The molecule has 2 nitrogen and oxygen atoms in total. The van der Waals surface area contributed by atoms with Crippen LogP contribution >= 0.6 is 11.3 Å². The molecule has 0 aliphatic rings. The molecule has 2 aromatic heterocycles. The maximum absolute atomic E-state index is 4.64. The van der Waals surface area contributed by atoms with Gasteiger partial charge in [-0.3, -0.25) is 4.98 Å². The van der Waals surface area contributed by atoms with Crippen LogP contribution in [-0.2, 0) is 6.42 Å². The van der Waals surface area contributed by atoms with Gasteiger partial charge in [-0.05, 0) is 56.0 Å². The molecule has 1 unspecified atom stereocenters. The van der Waals surface area contributed by atoms with Crippen molar-refractivity contribution in [2.24, 2.45) is 0 Å². The van der Waals surface area contributed by atoms with E-state index in [2.05, 4.69) is 65.1 Å². The molecule has 108 valence electrons. The van der Waals surface area contributed by atoms with Crippen molar-refractivity contribution in [3.8, 4) is 0 Å². The molecule has 0 aliphatic heterocycles. The Kier molecular flexibility index (Phi) is 4.32. The molecule has 1 aromatic carbocycles. The number of thiophene rings is 1. The van der Waals surface area contributed by atoms with Gasteiger partial charge in [-0.1, -0.05) is 24.3 Å². The van der Waals surface area contributed by atoms with E-state index in [-0.39, 0.29) is 0 Å². The van der Waals surface area contributed by atoms with Gasteiger partial charge in [0, 0.05) is 22.0 Å². The van der Waals surface area contributed by atoms with Crippen LogP contribution in [0, 0.1) is 6.92 Å². The Hall–Kier alpha value is -1.71. The Morgan fingerprint density at radius 3 is 2.81 bits per heavy atom. The monoisotopic (exact) mass is 296 g/mol. The molecule has 1 atom stereocenters. The fraction of sp³-hybridized carbons (Fsp3) is 0.278. The van der Waals surface area contributed by atoms with Crippen LogP contribution in [-0.4, -0.2) is 12.0 Å². The van der Waals surface area contributed by atoms with Crippen LogP contribution in [0.15, 0.2) is 47.8 Å². The highest BCUT2D eigenvalue weighted by Crippen LogP contribution is 2.27. The van der Waals surface area contributed by atoms with Gasteiger partial charge in [0.1, 0.15) is 0 Å². The number of rotatable bonds is 5. The fourth-order valence-corrected chi connectivity index (χ4v) is 3.55. The zero-order chi connectivity index (χ0) is 14.7. The number of nitrogens with one attached hydrogen (secondary N) is 1. The summed E-state index contributed by atoms with van der Waals surface area (Å²) in [6, 6.07) is 15.3. The summed E-state index contributed by atoms with van der Waals surface area (Å²) in [4.78, 5) is 6.09. The van der Waals surface area contributed by atoms with E-state index in [1.165, 1.54) is 15.8 Å². The number of para-hydroxylation sites is 1. The zero-order valence-corrected chi connectivity index (χ0v) is 13.3. The van der Waals surface area contributed by atoms with Crippen molar-refractivity contribution in [2.75, 3.05) is 7.05 Å². The predicted molar refractivity (Wildman–Crippen MR) is 90.9 cm³/mol. The van der Waals surface area contributed by atoms with Crippen LogP contribution < -0.4 is 5.32 Å². The van der Waals surface area contributed by atoms with E-state index >= 15 is 0 Å². The molecular weight excluding hydrogens is 276 g/mol. The average molecular weight is 296 g/mol. The molecular formula is C18H20N2S. The summed E-state index contributed by atoms with van der Waals surface area (Å²) in [5, 5.41) is 6.88. The van der Waals surface area contributed by atoms with Gasteiger partial charge >= 0.3 is 0 Å². The van der Waals surface area contributed by atoms with Crippen LogP contribution in [0.3, 0.4) is 0 Å². The first kappa shape index (κ1) is 14.2. The van der Waals surface area contributed by atoms with Crippen molar-refractivity contribution >= 4 is 22.2 Å². The van der Waals surface area contributed by atoms with Gasteiger partial charge in [0.2, 0.25) is 0 Å². The van der Waals surface area contributed by atoms with Crippen LogP contribution in [0.5, 0.6) is 0 Å². The summed E-state index contributed by atoms with van der Waals surface area (Å²) in [5.74, 6) is 0. The van der Waals surface area contributed by atoms with E-state index in [1.54, 1.807) is 0 Å². The number of fused-ring (bicyclic) bond motifs is 1. The van der Waals surface area contributed by atoms with E-state index in [9.17, 15) is 0 Å². The third kappa shape index (κ3) is 3.14. The second kappa shape index (κ2) is 6.37. The molecule has 2 heterocycles. The Morgan fingerprint density at radius 1 is 1.19 bits per heavy atom. The smallest absolute Gasteiger partial charge is 0.0708 e. The summed E-state index contributed by atoms with van der Waals surface area (Å²) in [7, 11) is 2.05. The summed E-state index contributed by atoms with van der Waals surface area (Å²) in [5.41, 5.74) is 3.53. The maximum atomic E-state index is 4.64. The molecule has 0 fully saturated rings. The first-order valence-corrected chi connectivity index (χ1v) is 8.22. The number of benzene rings is 1. The maximum Gasteiger partial charge on any atom is 0.0708 e. The van der Waals surface area contributed by atoms with E-state index in [1.807, 2.05) is 18.4 Å². The second-order valence-electron chi connectivity index (χ2n) is 5.33. The number of pyridine rings is 1. The second-order valence-corrected chi connectivity index (χ2v) is 6.36. The number of nitrogens with zero attached hydrogens (tertiary/aromatic N) is 1. The van der Waals surface area contributed by atoms with Gasteiger partial charge in [0.05, 0.1) is 5.52 Å². The standard InChI is InChI=1S/C18H20N2S/c1-13-12-16(15-7-3-4-8-18(15)20-13)17(19-2)10-9-14-6-5-11-21-14/h3-8,11-12,17,19H,9-10H2,1-2H3. The fourth-order valence-electron chi connectivity index (χ4n) is 2.83. The Labute approximate surface area is 129 Å². The van der Waals surface area contributed by atoms with Gasteiger partial charge in [-0.15, -0.1) is 11.3 Å². The van der Waals surface area contributed by atoms with Gasteiger partial charge in [0.15, 0.2) is 0 Å². The van der Waals surface area contributed by atoms with Crippen molar-refractivity contribution in [1.29, 1.82) is 0 Å². The highest BCUT2D eigenvalue weighted by atomic mass is 32.1. The third-order valence-electron chi connectivity index (χ3n) is 3.86. The minimum atomic E-state index is 0.360. The van der Waals surface area contributed by atoms with Crippen molar-refractivity contribution in [3.05, 3.63) is 64.0 Å². The predicted octanol–water partition coefficient (Wildman–Crippen LogP) is 4.50. The summed E-state index contributed by atoms with van der Waals surface area (Å²) in [6.07, 6.45) is 2.21. The van der Waals surface area contributed by atoms with Gasteiger partial charge < -0.3 is 5.32 Å². The molecule has 0 saturated heterocycles. The Bertz CT molecular complexity index is 719. The van der Waals surface area contributed by atoms with Gasteiger partial charge in [0.25, 0.3) is 0 Å². The highest BCUT2D eigenvalue weighted by molar-refractivity contribution is 7.09. The van der Waals surface area contributed by atoms with Crippen molar-refractivity contribution < 1.29 is 0 Å². The van der Waals surface area contributed by atoms with E-state index in [0.29, 0.717) is 6.04 Å². The lowest BCUT2D eigenvalue weighted by molar-refractivity contribution is 0.554. The zero-order valence-electron chi connectivity index (χ0n) is 12.5. The van der Waals surface area contributed by atoms with Crippen LogP contribution in [0.1, 0.15) is 28.6 Å². The third-order valence-corrected chi connectivity index (χ3v) is 4.80. The summed E-state index contributed by atoms with van der Waals surface area (Å²) in [6.45, 7) is 2.07. The summed E-state index contributed by atoms with van der Waals surface area (Å²) < 4.78 is 0. The van der Waals surface area contributed by atoms with E-state index in [4.69, 9.17) is 0 Å². The van der Waals surface area contributed by atoms with Crippen molar-refractivity contribution in [2.45, 2.75) is 25.8 Å². The van der Waals surface area contributed by atoms with Crippen molar-refractivity contribution in [1.82, 2.24) is 10.3 Å². The molecule has 0 spiro atoms. The molecule has 0 radical (unpaired) electrons. The highest BCUT2D eigenvalue weighted by Gasteiger charge is 2.14. The normalized spacial score (nSPS) is 12.7. The molecule has 0 saturated carbocycles. The Morgan fingerprint density at radius 2 is 2.05 bits per heavy atom. The lowest BCUT2D eigenvalue weighted by Gasteiger charge is -2.19. The number of hydrogen-bond donors (Lipinski definition) is 1. The summed E-state index contributed by atoms with van der Waals surface area (Å²) >= 11 is 1.84. The molecule has 21 heavy (non-hydrogen) atoms. The topological polar surface area (TPSA) is 24.9 Å². The van der Waals surface area contributed by atoms with Crippen LogP contribution in [0.2, 0.25) is 0 Å². The number of aryl methyl sites for hydroxylation is 2. The average Bonchev–Trinajstić information content (AvgIpc) is 3.01. The first-order chi connectivity index (χ1) is 10.3. The molecule has 0 amide bonds. The SMILES string of the molecule is CNC(CCc1cccs1)c1cc(C)nc2ccccc12. The molecule has 3 rings (SSSR count). The van der Waals surface area contributed by atoms with Gasteiger partial charge in [-0.25, -0.2) is 0 Å².